The zero-order valence-corrected chi connectivity index (χ0v) is 14.9. The van der Waals surface area contributed by atoms with Gasteiger partial charge in [0.2, 0.25) is 5.91 Å². The molecule has 26 heavy (non-hydrogen) atoms. The summed E-state index contributed by atoms with van der Waals surface area (Å²) in [5, 5.41) is 16.3. The first-order chi connectivity index (χ1) is 12.8. The number of likely N-dealkylation sites (tertiary alicyclic amines) is 1. The van der Waals surface area contributed by atoms with Gasteiger partial charge in [0.25, 0.3) is 0 Å². The van der Waals surface area contributed by atoms with Gasteiger partial charge in [-0.05, 0) is 18.9 Å². The first kappa shape index (κ1) is 16.5. The number of aromatic nitrogens is 3. The Morgan fingerprint density at radius 1 is 1.50 bits per heavy atom. The average Bonchev–Trinajstić information content (AvgIpc) is 3.34. The first-order valence-corrected chi connectivity index (χ1v) is 9.41. The minimum Gasteiger partial charge on any atom is -0.379 e. The number of nitrogens with one attached hydrogen (secondary N) is 2. The Balaban J connectivity index is 1.64. The molecule has 0 bridgehead atoms. The van der Waals surface area contributed by atoms with Crippen LogP contribution in [-0.2, 0) is 4.79 Å². The number of fused-ring (bicyclic) bond motifs is 1. The third-order valence-corrected chi connectivity index (χ3v) is 5.41. The number of hydrogen-bond acceptors (Lipinski definition) is 6. The predicted octanol–water partition coefficient (Wildman–Crippen LogP) is 3.00. The molecule has 1 saturated heterocycles. The van der Waals surface area contributed by atoms with E-state index in [1.807, 2.05) is 29.9 Å². The Morgan fingerprint density at radius 2 is 2.42 bits per heavy atom. The molecule has 132 valence electrons. The number of carbonyl (C=O) groups excluding carboxylic acids is 1. The molecule has 0 unspecified atom stereocenters. The van der Waals surface area contributed by atoms with Gasteiger partial charge in [-0.15, -0.1) is 11.3 Å². The topological polar surface area (TPSA) is 97.7 Å². The number of thiazole rings is 1. The van der Waals surface area contributed by atoms with Gasteiger partial charge < -0.3 is 15.2 Å². The van der Waals surface area contributed by atoms with E-state index in [-0.39, 0.29) is 18.4 Å². The molecule has 0 radical (unpaired) electrons. The summed E-state index contributed by atoms with van der Waals surface area (Å²) in [5.74, 6) is -0.0966. The molecule has 0 saturated carbocycles. The largest absolute Gasteiger partial charge is 0.379 e. The Bertz CT molecular complexity index is 958. The van der Waals surface area contributed by atoms with Crippen molar-refractivity contribution < 1.29 is 4.79 Å². The number of H-pyrrole nitrogens is 1. The maximum Gasteiger partial charge on any atom is 0.236 e. The first-order valence-electron chi connectivity index (χ1n) is 8.53. The van der Waals surface area contributed by atoms with Crippen LogP contribution in [0.1, 0.15) is 19.3 Å². The molecule has 1 atom stereocenters. The summed E-state index contributed by atoms with van der Waals surface area (Å²) in [6.07, 6.45) is 7.33. The normalized spacial score (nSPS) is 17.2. The number of piperidine rings is 1. The minimum atomic E-state index is -0.0966. The molecule has 8 heteroatoms. The fourth-order valence-electron chi connectivity index (χ4n) is 3.39. The molecule has 7 nitrogen and oxygen atoms in total. The van der Waals surface area contributed by atoms with Crippen molar-refractivity contribution in [3.05, 3.63) is 30.0 Å². The molecule has 1 amide bonds. The SMILES string of the molecule is N#CCC(=O)N1CCC[C@@H](Nc2c(-c3nccs3)cnc3[nH]ccc23)C1. The molecular formula is C18H18N6OS. The van der Waals surface area contributed by atoms with Crippen molar-refractivity contribution in [2.75, 3.05) is 18.4 Å². The van der Waals surface area contributed by atoms with Crippen LogP contribution in [0.3, 0.4) is 0 Å². The molecule has 0 aromatic carbocycles. The zero-order valence-electron chi connectivity index (χ0n) is 14.1. The highest BCUT2D eigenvalue weighted by Crippen LogP contribution is 2.35. The molecule has 3 aromatic heterocycles. The number of pyridine rings is 1. The molecule has 1 aliphatic rings. The highest BCUT2D eigenvalue weighted by atomic mass is 32.1. The fraction of sp³-hybridized carbons (Fsp3) is 0.333. The number of hydrogen-bond donors (Lipinski definition) is 2. The van der Waals surface area contributed by atoms with E-state index in [0.717, 1.165) is 40.1 Å². The van der Waals surface area contributed by atoms with Gasteiger partial charge in [0, 0.05) is 48.5 Å². The van der Waals surface area contributed by atoms with E-state index in [2.05, 4.69) is 20.3 Å². The van der Waals surface area contributed by atoms with Crippen LogP contribution in [0.15, 0.2) is 30.0 Å². The highest BCUT2D eigenvalue weighted by molar-refractivity contribution is 7.13. The van der Waals surface area contributed by atoms with Crippen molar-refractivity contribution in [2.45, 2.75) is 25.3 Å². The van der Waals surface area contributed by atoms with Crippen LogP contribution in [0.2, 0.25) is 0 Å². The summed E-state index contributed by atoms with van der Waals surface area (Å²) >= 11 is 1.57. The van der Waals surface area contributed by atoms with E-state index in [9.17, 15) is 4.79 Å². The van der Waals surface area contributed by atoms with Gasteiger partial charge in [-0.1, -0.05) is 0 Å². The second-order valence-corrected chi connectivity index (χ2v) is 7.18. The van der Waals surface area contributed by atoms with Gasteiger partial charge >= 0.3 is 0 Å². The van der Waals surface area contributed by atoms with E-state index < -0.39 is 0 Å². The van der Waals surface area contributed by atoms with Crippen LogP contribution in [0.5, 0.6) is 0 Å². The second kappa shape index (κ2) is 7.14. The van der Waals surface area contributed by atoms with E-state index in [0.29, 0.717) is 13.1 Å². The van der Waals surface area contributed by atoms with Crippen LogP contribution in [-0.4, -0.2) is 44.9 Å². The van der Waals surface area contributed by atoms with Crippen molar-refractivity contribution in [2.24, 2.45) is 0 Å². The lowest BCUT2D eigenvalue weighted by Gasteiger charge is -2.33. The summed E-state index contributed by atoms with van der Waals surface area (Å²) in [4.78, 5) is 25.9. The molecular weight excluding hydrogens is 348 g/mol. The average molecular weight is 366 g/mol. The van der Waals surface area contributed by atoms with E-state index >= 15 is 0 Å². The minimum absolute atomic E-state index is 0.0611. The number of nitrogens with zero attached hydrogens (tertiary/aromatic N) is 4. The summed E-state index contributed by atoms with van der Waals surface area (Å²) in [5.41, 5.74) is 2.78. The predicted molar refractivity (Wildman–Crippen MR) is 101 cm³/mol. The molecule has 4 heterocycles. The maximum absolute atomic E-state index is 12.1. The van der Waals surface area contributed by atoms with Crippen LogP contribution in [0.25, 0.3) is 21.6 Å². The van der Waals surface area contributed by atoms with E-state index in [4.69, 9.17) is 5.26 Å². The van der Waals surface area contributed by atoms with Crippen molar-refractivity contribution in [3.8, 4) is 16.6 Å². The summed E-state index contributed by atoms with van der Waals surface area (Å²) in [7, 11) is 0. The molecule has 0 spiro atoms. The molecule has 2 N–H and O–H groups in total. The van der Waals surface area contributed by atoms with Crippen molar-refractivity contribution in [1.29, 1.82) is 5.26 Å². The van der Waals surface area contributed by atoms with Crippen molar-refractivity contribution in [1.82, 2.24) is 19.9 Å². The standard InChI is InChI=1S/C18H18N6OS/c19-5-3-15(25)24-8-1-2-12(11-24)23-16-13-4-6-20-17(13)22-10-14(16)18-21-7-9-26-18/h4,6-7,9-10,12H,1-3,8,11H2,(H2,20,22,23)/t12-/m1/s1. The maximum atomic E-state index is 12.1. The van der Waals surface area contributed by atoms with Crippen LogP contribution in [0, 0.1) is 11.3 Å². The number of carbonyl (C=O) groups is 1. The lowest BCUT2D eigenvalue weighted by atomic mass is 10.0. The molecule has 1 fully saturated rings. The van der Waals surface area contributed by atoms with Crippen molar-refractivity contribution in [3.63, 3.8) is 0 Å². The van der Waals surface area contributed by atoms with Gasteiger partial charge in [-0.25, -0.2) is 9.97 Å². The Labute approximate surface area is 154 Å². The number of amides is 1. The Morgan fingerprint density at radius 3 is 3.23 bits per heavy atom. The molecule has 1 aliphatic heterocycles. The van der Waals surface area contributed by atoms with Gasteiger partial charge in [-0.2, -0.15) is 5.26 Å². The fourth-order valence-corrected chi connectivity index (χ4v) is 4.04. The van der Waals surface area contributed by atoms with Crippen LogP contribution in [0.4, 0.5) is 5.69 Å². The van der Waals surface area contributed by atoms with Gasteiger partial charge in [0.15, 0.2) is 0 Å². The molecule has 3 aromatic rings. The summed E-state index contributed by atoms with van der Waals surface area (Å²) in [6, 6.07) is 4.08. The zero-order chi connectivity index (χ0) is 17.9. The number of nitriles is 1. The Hall–Kier alpha value is -2.92. The summed E-state index contributed by atoms with van der Waals surface area (Å²) < 4.78 is 0. The smallest absolute Gasteiger partial charge is 0.236 e. The summed E-state index contributed by atoms with van der Waals surface area (Å²) in [6.45, 7) is 1.32. The third-order valence-electron chi connectivity index (χ3n) is 4.60. The number of rotatable bonds is 4. The van der Waals surface area contributed by atoms with Gasteiger partial charge in [0.05, 0.1) is 17.3 Å². The molecule has 4 rings (SSSR count). The number of anilines is 1. The van der Waals surface area contributed by atoms with E-state index in [1.165, 1.54) is 0 Å². The molecule has 0 aliphatic carbocycles. The lowest BCUT2D eigenvalue weighted by molar-refractivity contribution is -0.131. The Kier molecular flexibility index (Phi) is 4.54. The third kappa shape index (κ3) is 3.13. The second-order valence-electron chi connectivity index (χ2n) is 6.28. The van der Waals surface area contributed by atoms with Crippen molar-refractivity contribution >= 4 is 34.0 Å². The number of aromatic amines is 1. The lowest BCUT2D eigenvalue weighted by Crippen LogP contribution is -2.45. The van der Waals surface area contributed by atoms with Gasteiger partial charge in [0.1, 0.15) is 17.1 Å². The van der Waals surface area contributed by atoms with Gasteiger partial charge in [-0.3, -0.25) is 4.79 Å². The quantitative estimate of drug-likeness (QED) is 0.740. The van der Waals surface area contributed by atoms with Crippen LogP contribution >= 0.6 is 11.3 Å². The van der Waals surface area contributed by atoms with E-state index in [1.54, 1.807) is 22.4 Å². The monoisotopic (exact) mass is 366 g/mol. The highest BCUT2D eigenvalue weighted by Gasteiger charge is 2.25. The van der Waals surface area contributed by atoms with Crippen LogP contribution < -0.4 is 5.32 Å².